The fraction of sp³-hybridized carbons (Fsp3) is 1.00. The molecule has 0 radical (unpaired) electrons. The van der Waals surface area contributed by atoms with Crippen molar-refractivity contribution in [1.29, 1.82) is 0 Å². The van der Waals surface area contributed by atoms with E-state index in [9.17, 15) is 0 Å². The van der Waals surface area contributed by atoms with E-state index in [-0.39, 0.29) is 0 Å². The smallest absolute Gasteiger partial charge is 0.0178 e. The molecule has 0 heterocycles. The molecular formula is C11H24N2. The van der Waals surface area contributed by atoms with Crippen molar-refractivity contribution in [3.8, 4) is 0 Å². The summed E-state index contributed by atoms with van der Waals surface area (Å²) in [4.78, 5) is 0. The van der Waals surface area contributed by atoms with Gasteiger partial charge in [0, 0.05) is 5.54 Å². The first-order chi connectivity index (χ1) is 6.33. The van der Waals surface area contributed by atoms with Gasteiger partial charge in [-0.15, -0.1) is 0 Å². The molecule has 1 rings (SSSR count). The third-order valence-electron chi connectivity index (χ3n) is 3.34. The van der Waals surface area contributed by atoms with Gasteiger partial charge in [0.05, 0.1) is 0 Å². The van der Waals surface area contributed by atoms with Gasteiger partial charge in [0.25, 0.3) is 0 Å². The van der Waals surface area contributed by atoms with Crippen molar-refractivity contribution in [2.45, 2.75) is 51.0 Å². The van der Waals surface area contributed by atoms with E-state index in [0.717, 1.165) is 6.54 Å². The van der Waals surface area contributed by atoms with Gasteiger partial charge in [-0.2, -0.15) is 0 Å². The highest BCUT2D eigenvalue weighted by atomic mass is 15.0. The molecule has 1 aliphatic carbocycles. The van der Waals surface area contributed by atoms with Crippen LogP contribution in [0.15, 0.2) is 0 Å². The zero-order valence-corrected chi connectivity index (χ0v) is 9.16. The fourth-order valence-electron chi connectivity index (χ4n) is 2.04. The predicted molar refractivity (Wildman–Crippen MR) is 58.0 cm³/mol. The molecule has 0 aromatic rings. The highest BCUT2D eigenvalue weighted by molar-refractivity contribution is 4.94. The van der Waals surface area contributed by atoms with Gasteiger partial charge in [-0.05, 0) is 58.7 Å². The summed E-state index contributed by atoms with van der Waals surface area (Å²) < 4.78 is 0. The average molecular weight is 184 g/mol. The monoisotopic (exact) mass is 184 g/mol. The summed E-state index contributed by atoms with van der Waals surface area (Å²) in [7, 11) is 2.02. The summed E-state index contributed by atoms with van der Waals surface area (Å²) in [5, 5.41) is 6.89. The molecule has 2 heteroatoms. The van der Waals surface area contributed by atoms with Crippen molar-refractivity contribution >= 4 is 0 Å². The Morgan fingerprint density at radius 2 is 1.85 bits per heavy atom. The number of nitrogens with one attached hydrogen (secondary N) is 2. The highest BCUT2D eigenvalue weighted by Crippen LogP contribution is 2.34. The van der Waals surface area contributed by atoms with E-state index in [1.807, 2.05) is 7.05 Å². The minimum absolute atomic E-state index is 0.541. The molecule has 1 saturated carbocycles. The molecule has 13 heavy (non-hydrogen) atoms. The molecule has 0 aliphatic heterocycles. The normalized spacial score (nSPS) is 19.8. The first kappa shape index (κ1) is 11.0. The van der Waals surface area contributed by atoms with Gasteiger partial charge in [-0.1, -0.05) is 6.92 Å². The summed E-state index contributed by atoms with van der Waals surface area (Å²) in [6.07, 6.45) is 8.13. The van der Waals surface area contributed by atoms with Gasteiger partial charge in [0.2, 0.25) is 0 Å². The van der Waals surface area contributed by atoms with Gasteiger partial charge in [0.1, 0.15) is 0 Å². The van der Waals surface area contributed by atoms with Gasteiger partial charge in [0.15, 0.2) is 0 Å². The summed E-state index contributed by atoms with van der Waals surface area (Å²) in [5.41, 5.74) is 0.541. The van der Waals surface area contributed by atoms with E-state index in [2.05, 4.69) is 17.6 Å². The van der Waals surface area contributed by atoms with Crippen molar-refractivity contribution in [3.63, 3.8) is 0 Å². The number of unbranched alkanes of at least 4 members (excludes halogenated alkanes) is 1. The van der Waals surface area contributed by atoms with E-state index in [0.29, 0.717) is 5.54 Å². The standard InChI is InChI=1S/C11H24N2/c1-3-11(7-6-8-11)13-10-5-4-9-12-2/h12-13H,3-10H2,1-2H3. The first-order valence-electron chi connectivity index (χ1n) is 5.72. The van der Waals surface area contributed by atoms with Crippen LogP contribution in [0.3, 0.4) is 0 Å². The Balaban J connectivity index is 1.98. The average Bonchev–Trinajstić information content (AvgIpc) is 2.09. The van der Waals surface area contributed by atoms with Crippen molar-refractivity contribution in [3.05, 3.63) is 0 Å². The van der Waals surface area contributed by atoms with Crippen LogP contribution in [-0.2, 0) is 0 Å². The third-order valence-corrected chi connectivity index (χ3v) is 3.34. The SMILES string of the molecule is CCC1(NCCCCNC)CCC1. The first-order valence-corrected chi connectivity index (χ1v) is 5.72. The predicted octanol–water partition coefficient (Wildman–Crippen LogP) is 1.91. The van der Waals surface area contributed by atoms with Crippen LogP contribution in [0.2, 0.25) is 0 Å². The minimum atomic E-state index is 0.541. The van der Waals surface area contributed by atoms with Crippen LogP contribution in [0.5, 0.6) is 0 Å². The van der Waals surface area contributed by atoms with E-state index < -0.39 is 0 Å². The Bertz CT molecular complexity index is 125. The van der Waals surface area contributed by atoms with Crippen LogP contribution in [0, 0.1) is 0 Å². The molecule has 2 nitrogen and oxygen atoms in total. The molecular weight excluding hydrogens is 160 g/mol. The molecule has 0 saturated heterocycles. The topological polar surface area (TPSA) is 24.1 Å². The maximum atomic E-state index is 3.71. The van der Waals surface area contributed by atoms with Crippen molar-refractivity contribution < 1.29 is 0 Å². The van der Waals surface area contributed by atoms with Crippen LogP contribution in [0.1, 0.15) is 45.4 Å². The second kappa shape index (κ2) is 5.61. The van der Waals surface area contributed by atoms with Gasteiger partial charge in [-0.25, -0.2) is 0 Å². The quantitative estimate of drug-likeness (QED) is 0.591. The van der Waals surface area contributed by atoms with Crippen molar-refractivity contribution in [2.24, 2.45) is 0 Å². The molecule has 0 unspecified atom stereocenters. The maximum absolute atomic E-state index is 3.71. The summed E-state index contributed by atoms with van der Waals surface area (Å²) in [6.45, 7) is 4.66. The zero-order valence-electron chi connectivity index (χ0n) is 9.16. The molecule has 0 spiro atoms. The lowest BCUT2D eigenvalue weighted by Crippen LogP contribution is -2.50. The van der Waals surface area contributed by atoms with E-state index in [1.165, 1.54) is 45.1 Å². The Hall–Kier alpha value is -0.0800. The molecule has 2 N–H and O–H groups in total. The van der Waals surface area contributed by atoms with Crippen molar-refractivity contribution in [1.82, 2.24) is 10.6 Å². The molecule has 1 aliphatic rings. The number of hydrogen-bond acceptors (Lipinski definition) is 2. The summed E-state index contributed by atoms with van der Waals surface area (Å²) >= 11 is 0. The third kappa shape index (κ3) is 3.28. The lowest BCUT2D eigenvalue weighted by Gasteiger charge is -2.42. The summed E-state index contributed by atoms with van der Waals surface area (Å²) in [5.74, 6) is 0. The lowest BCUT2D eigenvalue weighted by molar-refractivity contribution is 0.177. The largest absolute Gasteiger partial charge is 0.320 e. The summed E-state index contributed by atoms with van der Waals surface area (Å²) in [6, 6.07) is 0. The lowest BCUT2D eigenvalue weighted by atomic mass is 9.75. The molecule has 0 atom stereocenters. The van der Waals surface area contributed by atoms with E-state index in [4.69, 9.17) is 0 Å². The molecule has 0 aromatic carbocycles. The van der Waals surface area contributed by atoms with E-state index in [1.54, 1.807) is 0 Å². The molecule has 0 bridgehead atoms. The fourth-order valence-corrected chi connectivity index (χ4v) is 2.04. The van der Waals surface area contributed by atoms with Gasteiger partial charge in [-0.3, -0.25) is 0 Å². The maximum Gasteiger partial charge on any atom is 0.0178 e. The zero-order chi connectivity index (χ0) is 9.57. The van der Waals surface area contributed by atoms with Crippen LogP contribution in [-0.4, -0.2) is 25.7 Å². The van der Waals surface area contributed by atoms with E-state index >= 15 is 0 Å². The number of rotatable bonds is 7. The van der Waals surface area contributed by atoms with Crippen LogP contribution < -0.4 is 10.6 Å². The molecule has 0 amide bonds. The second-order valence-corrected chi connectivity index (χ2v) is 4.22. The minimum Gasteiger partial charge on any atom is -0.320 e. The second-order valence-electron chi connectivity index (χ2n) is 4.22. The number of hydrogen-bond donors (Lipinski definition) is 2. The van der Waals surface area contributed by atoms with Crippen LogP contribution >= 0.6 is 0 Å². The molecule has 0 aromatic heterocycles. The Labute approximate surface area is 82.5 Å². The van der Waals surface area contributed by atoms with Crippen molar-refractivity contribution in [2.75, 3.05) is 20.1 Å². The molecule has 1 fully saturated rings. The van der Waals surface area contributed by atoms with Crippen LogP contribution in [0.25, 0.3) is 0 Å². The van der Waals surface area contributed by atoms with Crippen LogP contribution in [0.4, 0.5) is 0 Å². The Morgan fingerprint density at radius 1 is 1.15 bits per heavy atom. The Morgan fingerprint density at radius 3 is 2.31 bits per heavy atom. The van der Waals surface area contributed by atoms with Gasteiger partial charge < -0.3 is 10.6 Å². The Kier molecular flexibility index (Phi) is 4.74. The molecule has 78 valence electrons. The highest BCUT2D eigenvalue weighted by Gasteiger charge is 2.33. The van der Waals surface area contributed by atoms with Gasteiger partial charge >= 0.3 is 0 Å².